The first-order valence-corrected chi connectivity index (χ1v) is 5.27. The van der Waals surface area contributed by atoms with Gasteiger partial charge in [0.25, 0.3) is 0 Å². The van der Waals surface area contributed by atoms with Gasteiger partial charge in [0, 0.05) is 0 Å². The minimum absolute atomic E-state index is 0.337. The second kappa shape index (κ2) is 4.14. The summed E-state index contributed by atoms with van der Waals surface area (Å²) < 4.78 is 0. The highest BCUT2D eigenvalue weighted by Crippen LogP contribution is 2.30. The summed E-state index contributed by atoms with van der Waals surface area (Å²) in [7, 11) is 0. The second-order valence-corrected chi connectivity index (χ2v) is 4.06. The summed E-state index contributed by atoms with van der Waals surface area (Å²) in [6.45, 7) is 0. The molecule has 0 aliphatic heterocycles. The largest absolute Gasteiger partial charge is 0.380 e. The van der Waals surface area contributed by atoms with Crippen molar-refractivity contribution in [1.29, 1.82) is 0 Å². The molecule has 2 aliphatic rings. The first-order valence-electron chi connectivity index (χ1n) is 5.27. The third-order valence-electron chi connectivity index (χ3n) is 2.94. The number of allylic oxidation sites excluding steroid dienone is 2. The van der Waals surface area contributed by atoms with Crippen LogP contribution in [0.4, 0.5) is 0 Å². The average Bonchev–Trinajstić information content (AvgIpc) is 2.25. The van der Waals surface area contributed by atoms with E-state index in [1.54, 1.807) is 0 Å². The van der Waals surface area contributed by atoms with Crippen LogP contribution in [0.2, 0.25) is 0 Å². The Morgan fingerprint density at radius 3 is 2.94 bits per heavy atom. The van der Waals surface area contributed by atoms with Gasteiger partial charge in [-0.2, -0.15) is 0 Å². The molecule has 2 aliphatic carbocycles. The summed E-state index contributed by atoms with van der Waals surface area (Å²) in [4.78, 5) is 12.0. The van der Waals surface area contributed by atoms with E-state index in [1.165, 1.54) is 12.2 Å². The van der Waals surface area contributed by atoms with Gasteiger partial charge < -0.3 is 10.2 Å². The minimum Gasteiger partial charge on any atom is -0.380 e. The van der Waals surface area contributed by atoms with Gasteiger partial charge in [0.2, 0.25) is 0 Å². The summed E-state index contributed by atoms with van der Waals surface area (Å²) in [5, 5.41) is 19.8. The van der Waals surface area contributed by atoms with Crippen molar-refractivity contribution < 1.29 is 15.0 Å². The summed E-state index contributed by atoms with van der Waals surface area (Å²) in [6.07, 6.45) is 3.53. The smallest absolute Gasteiger partial charge is 0.184 e. The molecule has 1 fully saturated rings. The molecule has 2 N–H and O–H groups in total. The first-order chi connectivity index (χ1) is 7.63. The van der Waals surface area contributed by atoms with Gasteiger partial charge in [-0.1, -0.05) is 23.7 Å². The van der Waals surface area contributed by atoms with Crippen molar-refractivity contribution in [1.82, 2.24) is 0 Å². The van der Waals surface area contributed by atoms with E-state index in [0.717, 1.165) is 0 Å². The van der Waals surface area contributed by atoms with Gasteiger partial charge in [-0.05, 0) is 31.4 Å². The van der Waals surface area contributed by atoms with E-state index >= 15 is 0 Å². The van der Waals surface area contributed by atoms with Gasteiger partial charge in [-0.15, -0.1) is 0 Å². The van der Waals surface area contributed by atoms with Crippen LogP contribution in [0.5, 0.6) is 0 Å². The Bertz CT molecular complexity index is 455. The van der Waals surface area contributed by atoms with Crippen LogP contribution in [0, 0.1) is 29.6 Å². The lowest BCUT2D eigenvalue weighted by Crippen LogP contribution is -2.48. The lowest BCUT2D eigenvalue weighted by atomic mass is 9.75. The molecule has 3 unspecified atom stereocenters. The Balaban J connectivity index is 2.44. The van der Waals surface area contributed by atoms with Crippen LogP contribution in [0.15, 0.2) is 12.2 Å². The van der Waals surface area contributed by atoms with Gasteiger partial charge in [-0.3, -0.25) is 4.79 Å². The maximum atomic E-state index is 12.0. The molecule has 0 amide bonds. The highest BCUT2D eigenvalue weighted by Gasteiger charge is 2.44. The molecule has 1 saturated carbocycles. The molecule has 3 atom stereocenters. The lowest BCUT2D eigenvalue weighted by molar-refractivity contribution is -0.143. The van der Waals surface area contributed by atoms with Crippen LogP contribution in [-0.4, -0.2) is 27.7 Å². The van der Waals surface area contributed by atoms with Gasteiger partial charge in [-0.25, -0.2) is 0 Å². The zero-order chi connectivity index (χ0) is 11.6. The molecule has 0 aromatic rings. The normalized spacial score (nSPS) is 38.8. The fourth-order valence-electron chi connectivity index (χ4n) is 2.04. The zero-order valence-corrected chi connectivity index (χ0v) is 8.73. The second-order valence-electron chi connectivity index (χ2n) is 4.06. The van der Waals surface area contributed by atoms with E-state index in [4.69, 9.17) is 0 Å². The van der Waals surface area contributed by atoms with Gasteiger partial charge in [0.05, 0.1) is 5.92 Å². The van der Waals surface area contributed by atoms with Crippen molar-refractivity contribution in [3.05, 3.63) is 12.2 Å². The van der Waals surface area contributed by atoms with Crippen LogP contribution in [-0.2, 0) is 4.79 Å². The molecule has 0 saturated heterocycles. The van der Waals surface area contributed by atoms with Crippen LogP contribution in [0.3, 0.4) is 0 Å². The first kappa shape index (κ1) is 11.0. The quantitative estimate of drug-likeness (QED) is 0.561. The molecule has 3 heteroatoms. The highest BCUT2D eigenvalue weighted by atomic mass is 16.3. The Morgan fingerprint density at radius 1 is 1.38 bits per heavy atom. The molecular weight excluding hydrogens is 204 g/mol. The van der Waals surface area contributed by atoms with E-state index in [1.807, 2.05) is 0 Å². The molecule has 82 valence electrons. The Labute approximate surface area is 94.2 Å². The van der Waals surface area contributed by atoms with Crippen molar-refractivity contribution in [2.45, 2.75) is 31.0 Å². The Hall–Kier alpha value is -1.55. The molecule has 3 nitrogen and oxygen atoms in total. The van der Waals surface area contributed by atoms with Crippen LogP contribution >= 0.6 is 0 Å². The number of hydrogen-bond acceptors (Lipinski definition) is 3. The predicted octanol–water partition coefficient (Wildman–Crippen LogP) is 0.0242. The van der Waals surface area contributed by atoms with E-state index in [-0.39, 0.29) is 0 Å². The monoisotopic (exact) mass is 216 g/mol. The van der Waals surface area contributed by atoms with Crippen molar-refractivity contribution in [3.63, 3.8) is 0 Å². The highest BCUT2D eigenvalue weighted by molar-refractivity contribution is 5.94. The van der Waals surface area contributed by atoms with Gasteiger partial charge >= 0.3 is 0 Å². The SMILES string of the molecule is O=C1C2CCCC1(O)C#C/C=C\C#CC2O. The maximum Gasteiger partial charge on any atom is 0.184 e. The fourth-order valence-corrected chi connectivity index (χ4v) is 2.04. The molecular formula is C13H12O3. The van der Waals surface area contributed by atoms with E-state index in [0.29, 0.717) is 19.3 Å². The molecule has 0 radical (unpaired) electrons. The van der Waals surface area contributed by atoms with Gasteiger partial charge in [0.1, 0.15) is 6.10 Å². The number of aliphatic hydroxyl groups excluding tert-OH is 1. The van der Waals surface area contributed by atoms with Crippen molar-refractivity contribution in [2.75, 3.05) is 0 Å². The minimum atomic E-state index is -1.60. The molecule has 2 bridgehead atoms. The average molecular weight is 216 g/mol. The third kappa shape index (κ3) is 1.88. The number of fused-ring (bicyclic) bond motifs is 2. The van der Waals surface area contributed by atoms with Gasteiger partial charge in [0.15, 0.2) is 11.4 Å². The molecule has 0 aromatic heterocycles. The number of Topliss-reactive ketones (excluding diaryl/α,β-unsaturated/α-hetero) is 1. The molecule has 0 spiro atoms. The van der Waals surface area contributed by atoms with Crippen molar-refractivity contribution >= 4 is 5.78 Å². The summed E-state index contributed by atoms with van der Waals surface area (Å²) >= 11 is 0. The molecule has 16 heavy (non-hydrogen) atoms. The third-order valence-corrected chi connectivity index (χ3v) is 2.94. The number of carbonyl (C=O) groups is 1. The maximum absolute atomic E-state index is 12.0. The Kier molecular flexibility index (Phi) is 2.83. The summed E-state index contributed by atoms with van der Waals surface area (Å²) in [5.41, 5.74) is -1.60. The number of ketones is 1. The van der Waals surface area contributed by atoms with Crippen LogP contribution < -0.4 is 0 Å². The molecule has 0 heterocycles. The number of rotatable bonds is 0. The molecule has 0 aromatic carbocycles. The van der Waals surface area contributed by atoms with E-state index in [2.05, 4.69) is 23.7 Å². The fraction of sp³-hybridized carbons (Fsp3) is 0.462. The van der Waals surface area contributed by atoms with E-state index < -0.39 is 23.4 Å². The van der Waals surface area contributed by atoms with Crippen molar-refractivity contribution in [2.24, 2.45) is 5.92 Å². The van der Waals surface area contributed by atoms with Crippen molar-refractivity contribution in [3.8, 4) is 23.7 Å². The standard InChI is InChI=1S/C13H12O3/c14-11-7-3-1-2-4-8-13(16)9-5-6-10(11)12(13)15/h1-2,10-11,14,16H,5-6,9H2/b2-1-. The Morgan fingerprint density at radius 2 is 2.12 bits per heavy atom. The summed E-state index contributed by atoms with van der Waals surface area (Å²) in [5.74, 6) is 9.35. The zero-order valence-electron chi connectivity index (χ0n) is 8.73. The van der Waals surface area contributed by atoms with E-state index in [9.17, 15) is 15.0 Å². The number of aliphatic hydroxyl groups is 2. The van der Waals surface area contributed by atoms with Crippen LogP contribution in [0.1, 0.15) is 19.3 Å². The van der Waals surface area contributed by atoms with Crippen LogP contribution in [0.25, 0.3) is 0 Å². The molecule has 2 rings (SSSR count). The lowest BCUT2D eigenvalue weighted by Gasteiger charge is -2.32. The number of carbonyl (C=O) groups excluding carboxylic acids is 1. The predicted molar refractivity (Wildman–Crippen MR) is 58.0 cm³/mol. The topological polar surface area (TPSA) is 57.5 Å². The summed E-state index contributed by atoms with van der Waals surface area (Å²) in [6, 6.07) is 0. The number of hydrogen-bond donors (Lipinski definition) is 2.